The first-order chi connectivity index (χ1) is 7.17. The van der Waals surface area contributed by atoms with Crippen molar-refractivity contribution >= 4 is 5.91 Å². The van der Waals surface area contributed by atoms with Gasteiger partial charge >= 0.3 is 0 Å². The number of aliphatic hydroxyl groups is 1. The lowest BCUT2D eigenvalue weighted by Gasteiger charge is -2.13. The summed E-state index contributed by atoms with van der Waals surface area (Å²) in [5.41, 5.74) is 1.47. The van der Waals surface area contributed by atoms with Gasteiger partial charge in [-0.2, -0.15) is 0 Å². The fourth-order valence-corrected chi connectivity index (χ4v) is 1.22. The maximum absolute atomic E-state index is 11.7. The molecular weight excluding hydrogens is 192 g/mol. The van der Waals surface area contributed by atoms with Crippen molar-refractivity contribution in [3.05, 3.63) is 29.6 Å². The van der Waals surface area contributed by atoms with Crippen LogP contribution in [0.1, 0.15) is 29.3 Å². The van der Waals surface area contributed by atoms with Gasteiger partial charge in [-0.25, -0.2) is 0 Å². The summed E-state index contributed by atoms with van der Waals surface area (Å²) < 4.78 is 0. The first-order valence-electron chi connectivity index (χ1n) is 5.00. The molecule has 0 radical (unpaired) electrons. The zero-order valence-electron chi connectivity index (χ0n) is 9.03. The normalized spacial score (nSPS) is 12.2. The first-order valence-corrected chi connectivity index (χ1v) is 5.00. The molecule has 1 atom stereocenters. The van der Waals surface area contributed by atoms with Crippen LogP contribution in [0.3, 0.4) is 0 Å². The van der Waals surface area contributed by atoms with Gasteiger partial charge in [0.25, 0.3) is 5.91 Å². The molecule has 1 amide bonds. The Morgan fingerprint density at radius 2 is 2.33 bits per heavy atom. The maximum Gasteiger partial charge on any atom is 0.253 e. The van der Waals surface area contributed by atoms with Gasteiger partial charge in [0.2, 0.25) is 0 Å². The molecule has 0 saturated heterocycles. The molecule has 1 rings (SSSR count). The lowest BCUT2D eigenvalue weighted by Crippen LogP contribution is -2.36. The Labute approximate surface area is 89.3 Å². The highest BCUT2D eigenvalue weighted by Gasteiger charge is 2.11. The standard InChI is InChI=1S/C11H16N2O2/c1-3-10(7-14)13-11(15)9-4-8(2)5-12-6-9/h4-6,10,14H,3,7H2,1-2H3,(H,13,15)/t10-/m0/s1. The van der Waals surface area contributed by atoms with Gasteiger partial charge in [-0.1, -0.05) is 6.92 Å². The van der Waals surface area contributed by atoms with Crippen molar-refractivity contribution in [3.8, 4) is 0 Å². The highest BCUT2D eigenvalue weighted by molar-refractivity contribution is 5.94. The third-order valence-corrected chi connectivity index (χ3v) is 2.19. The van der Waals surface area contributed by atoms with E-state index in [1.807, 2.05) is 13.8 Å². The van der Waals surface area contributed by atoms with E-state index in [0.717, 1.165) is 5.56 Å². The van der Waals surface area contributed by atoms with Crippen molar-refractivity contribution in [1.29, 1.82) is 0 Å². The summed E-state index contributed by atoms with van der Waals surface area (Å²) in [6.07, 6.45) is 3.92. The number of pyridine rings is 1. The number of rotatable bonds is 4. The summed E-state index contributed by atoms with van der Waals surface area (Å²) in [5.74, 6) is -0.188. The summed E-state index contributed by atoms with van der Waals surface area (Å²) >= 11 is 0. The van der Waals surface area contributed by atoms with E-state index in [1.165, 1.54) is 6.20 Å². The van der Waals surface area contributed by atoms with Gasteiger partial charge in [0.1, 0.15) is 0 Å². The SMILES string of the molecule is CC[C@@H](CO)NC(=O)c1cncc(C)c1. The van der Waals surface area contributed by atoms with E-state index in [-0.39, 0.29) is 18.6 Å². The summed E-state index contributed by atoms with van der Waals surface area (Å²) in [4.78, 5) is 15.6. The molecule has 82 valence electrons. The fourth-order valence-electron chi connectivity index (χ4n) is 1.22. The van der Waals surface area contributed by atoms with Crippen molar-refractivity contribution in [1.82, 2.24) is 10.3 Å². The van der Waals surface area contributed by atoms with Crippen LogP contribution in [0.5, 0.6) is 0 Å². The average Bonchev–Trinajstić information content (AvgIpc) is 2.25. The summed E-state index contributed by atoms with van der Waals surface area (Å²) in [7, 11) is 0. The Balaban J connectivity index is 2.68. The van der Waals surface area contributed by atoms with Crippen LogP contribution in [0, 0.1) is 6.92 Å². The second-order valence-electron chi connectivity index (χ2n) is 3.51. The zero-order chi connectivity index (χ0) is 11.3. The van der Waals surface area contributed by atoms with Gasteiger partial charge < -0.3 is 10.4 Å². The topological polar surface area (TPSA) is 62.2 Å². The number of nitrogens with zero attached hydrogens (tertiary/aromatic N) is 1. The van der Waals surface area contributed by atoms with Crippen LogP contribution in [0.15, 0.2) is 18.5 Å². The molecule has 0 aliphatic heterocycles. The fraction of sp³-hybridized carbons (Fsp3) is 0.455. The van der Waals surface area contributed by atoms with Crippen molar-refractivity contribution in [2.24, 2.45) is 0 Å². The van der Waals surface area contributed by atoms with E-state index in [0.29, 0.717) is 12.0 Å². The average molecular weight is 208 g/mol. The van der Waals surface area contributed by atoms with E-state index < -0.39 is 0 Å². The van der Waals surface area contributed by atoms with Crippen LogP contribution in [0.2, 0.25) is 0 Å². The molecule has 0 aliphatic carbocycles. The molecule has 15 heavy (non-hydrogen) atoms. The number of nitrogens with one attached hydrogen (secondary N) is 1. The Kier molecular flexibility index (Phi) is 4.24. The quantitative estimate of drug-likeness (QED) is 0.772. The molecule has 4 heteroatoms. The molecule has 4 nitrogen and oxygen atoms in total. The van der Waals surface area contributed by atoms with Gasteiger partial charge in [-0.3, -0.25) is 9.78 Å². The van der Waals surface area contributed by atoms with Crippen molar-refractivity contribution < 1.29 is 9.90 Å². The highest BCUT2D eigenvalue weighted by atomic mass is 16.3. The van der Waals surface area contributed by atoms with E-state index in [2.05, 4.69) is 10.3 Å². The molecule has 1 aromatic rings. The number of hydrogen-bond donors (Lipinski definition) is 2. The molecule has 2 N–H and O–H groups in total. The maximum atomic E-state index is 11.7. The molecular formula is C11H16N2O2. The van der Waals surface area contributed by atoms with Crippen molar-refractivity contribution in [3.63, 3.8) is 0 Å². The summed E-state index contributed by atoms with van der Waals surface area (Å²) in [6.45, 7) is 3.75. The first kappa shape index (κ1) is 11.7. The molecule has 1 aromatic heterocycles. The third-order valence-electron chi connectivity index (χ3n) is 2.19. The van der Waals surface area contributed by atoms with Crippen LogP contribution in [-0.2, 0) is 0 Å². The van der Waals surface area contributed by atoms with E-state index in [1.54, 1.807) is 12.3 Å². The monoisotopic (exact) mass is 208 g/mol. The molecule has 1 heterocycles. The predicted molar refractivity (Wildman–Crippen MR) is 57.6 cm³/mol. The molecule has 0 bridgehead atoms. The van der Waals surface area contributed by atoms with Crippen LogP contribution < -0.4 is 5.32 Å². The highest BCUT2D eigenvalue weighted by Crippen LogP contribution is 2.02. The Morgan fingerprint density at radius 3 is 2.87 bits per heavy atom. The molecule has 0 aliphatic rings. The second-order valence-corrected chi connectivity index (χ2v) is 3.51. The lowest BCUT2D eigenvalue weighted by atomic mass is 10.2. The number of carbonyl (C=O) groups is 1. The van der Waals surface area contributed by atoms with E-state index in [9.17, 15) is 4.79 Å². The number of hydrogen-bond acceptors (Lipinski definition) is 3. The molecule has 0 aromatic carbocycles. The smallest absolute Gasteiger partial charge is 0.253 e. The minimum atomic E-state index is -0.188. The van der Waals surface area contributed by atoms with Crippen molar-refractivity contribution in [2.45, 2.75) is 26.3 Å². The zero-order valence-corrected chi connectivity index (χ0v) is 9.03. The van der Waals surface area contributed by atoms with Crippen LogP contribution in [0.25, 0.3) is 0 Å². The van der Waals surface area contributed by atoms with E-state index >= 15 is 0 Å². The van der Waals surface area contributed by atoms with Gasteiger partial charge in [-0.05, 0) is 25.0 Å². The minimum absolute atomic E-state index is 0.0402. The minimum Gasteiger partial charge on any atom is -0.394 e. The van der Waals surface area contributed by atoms with Gasteiger partial charge in [-0.15, -0.1) is 0 Å². The third kappa shape index (κ3) is 3.32. The molecule has 0 unspecified atom stereocenters. The number of amides is 1. The number of carbonyl (C=O) groups excluding carboxylic acids is 1. The number of aryl methyl sites for hydroxylation is 1. The Hall–Kier alpha value is -1.42. The van der Waals surface area contributed by atoms with Gasteiger partial charge in [0.15, 0.2) is 0 Å². The number of aromatic nitrogens is 1. The predicted octanol–water partition coefficient (Wildman–Crippen LogP) is 0.891. The van der Waals surface area contributed by atoms with E-state index in [4.69, 9.17) is 5.11 Å². The van der Waals surface area contributed by atoms with Crippen LogP contribution >= 0.6 is 0 Å². The molecule has 0 spiro atoms. The molecule has 0 saturated carbocycles. The van der Waals surface area contributed by atoms with Gasteiger partial charge in [0.05, 0.1) is 18.2 Å². The molecule has 0 fully saturated rings. The second kappa shape index (κ2) is 5.46. The van der Waals surface area contributed by atoms with Crippen molar-refractivity contribution in [2.75, 3.05) is 6.61 Å². The Morgan fingerprint density at radius 1 is 1.60 bits per heavy atom. The lowest BCUT2D eigenvalue weighted by molar-refractivity contribution is 0.0914. The summed E-state index contributed by atoms with van der Waals surface area (Å²) in [6, 6.07) is 1.59. The Bertz CT molecular complexity index is 335. The van der Waals surface area contributed by atoms with Crippen LogP contribution in [0.4, 0.5) is 0 Å². The number of aliphatic hydroxyl groups excluding tert-OH is 1. The van der Waals surface area contributed by atoms with Gasteiger partial charge in [0, 0.05) is 12.4 Å². The largest absolute Gasteiger partial charge is 0.394 e. The van der Waals surface area contributed by atoms with Crippen LogP contribution in [-0.4, -0.2) is 28.6 Å². The summed E-state index contributed by atoms with van der Waals surface area (Å²) in [5, 5.41) is 11.7.